The predicted molar refractivity (Wildman–Crippen MR) is 66.3 cm³/mol. The van der Waals surface area contributed by atoms with E-state index in [-0.39, 0.29) is 12.5 Å². The van der Waals surface area contributed by atoms with Gasteiger partial charge in [0.1, 0.15) is 5.82 Å². The summed E-state index contributed by atoms with van der Waals surface area (Å²) < 4.78 is 1.56. The van der Waals surface area contributed by atoms with Gasteiger partial charge in [-0.15, -0.1) is 0 Å². The van der Waals surface area contributed by atoms with Gasteiger partial charge in [-0.3, -0.25) is 14.8 Å². The van der Waals surface area contributed by atoms with Gasteiger partial charge in [-0.25, -0.2) is 4.79 Å². The number of aryl methyl sites for hydroxylation is 1. The Morgan fingerprint density at radius 3 is 2.78 bits per heavy atom. The SMILES string of the molecule is Cn1nccc1NC(=O)NCCCCCC(=O)O. The smallest absolute Gasteiger partial charge is 0.320 e. The Balaban J connectivity index is 2.07. The molecule has 1 aromatic rings. The standard InChI is InChI=1S/C11H18N4O3/c1-15-9(6-8-13-15)14-11(18)12-7-4-2-3-5-10(16)17/h6,8H,2-5,7H2,1H3,(H,16,17)(H2,12,14,18). The van der Waals surface area contributed by atoms with Gasteiger partial charge in [0.2, 0.25) is 0 Å². The number of rotatable bonds is 7. The number of amides is 2. The number of carboxylic acids is 1. The fourth-order valence-corrected chi connectivity index (χ4v) is 1.44. The summed E-state index contributed by atoms with van der Waals surface area (Å²) in [6, 6.07) is 1.42. The molecule has 0 fully saturated rings. The van der Waals surface area contributed by atoms with Gasteiger partial charge < -0.3 is 10.4 Å². The molecule has 2 amide bonds. The van der Waals surface area contributed by atoms with Crippen LogP contribution in [0.3, 0.4) is 0 Å². The Bertz CT molecular complexity index is 403. The number of anilines is 1. The number of hydrogen-bond donors (Lipinski definition) is 3. The van der Waals surface area contributed by atoms with Crippen molar-refractivity contribution in [3.05, 3.63) is 12.3 Å². The summed E-state index contributed by atoms with van der Waals surface area (Å²) in [5.41, 5.74) is 0. The average Bonchev–Trinajstić information content (AvgIpc) is 2.69. The highest BCUT2D eigenvalue weighted by Gasteiger charge is 2.03. The summed E-state index contributed by atoms with van der Waals surface area (Å²) in [6.07, 6.45) is 3.98. The van der Waals surface area contributed by atoms with Crippen LogP contribution in [0.2, 0.25) is 0 Å². The summed E-state index contributed by atoms with van der Waals surface area (Å²) in [7, 11) is 1.74. The van der Waals surface area contributed by atoms with Crippen molar-refractivity contribution < 1.29 is 14.7 Å². The van der Waals surface area contributed by atoms with Crippen molar-refractivity contribution in [1.29, 1.82) is 0 Å². The van der Waals surface area contributed by atoms with E-state index in [0.29, 0.717) is 18.8 Å². The highest BCUT2D eigenvalue weighted by molar-refractivity contribution is 5.88. The third-order valence-electron chi connectivity index (χ3n) is 2.42. The van der Waals surface area contributed by atoms with E-state index in [1.807, 2.05) is 0 Å². The molecular formula is C11H18N4O3. The van der Waals surface area contributed by atoms with Crippen LogP contribution < -0.4 is 10.6 Å². The van der Waals surface area contributed by atoms with Gasteiger partial charge >= 0.3 is 12.0 Å². The van der Waals surface area contributed by atoms with E-state index in [2.05, 4.69) is 15.7 Å². The van der Waals surface area contributed by atoms with Gasteiger partial charge in [0, 0.05) is 26.1 Å². The molecular weight excluding hydrogens is 236 g/mol. The molecule has 7 heteroatoms. The van der Waals surface area contributed by atoms with E-state index in [4.69, 9.17) is 5.11 Å². The minimum Gasteiger partial charge on any atom is -0.481 e. The number of aliphatic carboxylic acids is 1. The van der Waals surface area contributed by atoms with Crippen molar-refractivity contribution >= 4 is 17.8 Å². The summed E-state index contributed by atoms with van der Waals surface area (Å²) in [6.45, 7) is 0.531. The van der Waals surface area contributed by atoms with Crippen LogP contribution in [-0.4, -0.2) is 33.4 Å². The van der Waals surface area contributed by atoms with E-state index in [0.717, 1.165) is 12.8 Å². The van der Waals surface area contributed by atoms with Gasteiger partial charge in [0.05, 0.1) is 6.20 Å². The van der Waals surface area contributed by atoms with Gasteiger partial charge in [-0.05, 0) is 12.8 Å². The number of unbranched alkanes of at least 4 members (excludes halogenated alkanes) is 2. The molecule has 0 aromatic carbocycles. The van der Waals surface area contributed by atoms with Crippen LogP contribution in [0.25, 0.3) is 0 Å². The molecule has 3 N–H and O–H groups in total. The normalized spacial score (nSPS) is 10.1. The Kier molecular flexibility index (Phi) is 5.69. The molecule has 7 nitrogen and oxygen atoms in total. The summed E-state index contributed by atoms with van der Waals surface area (Å²) in [5.74, 6) is -0.157. The number of nitrogens with zero attached hydrogens (tertiary/aromatic N) is 2. The number of urea groups is 1. The van der Waals surface area contributed by atoms with Crippen LogP contribution in [0, 0.1) is 0 Å². The zero-order chi connectivity index (χ0) is 13.4. The first-order valence-electron chi connectivity index (χ1n) is 5.84. The first-order valence-corrected chi connectivity index (χ1v) is 5.84. The van der Waals surface area contributed by atoms with E-state index in [9.17, 15) is 9.59 Å². The Morgan fingerprint density at radius 2 is 2.17 bits per heavy atom. The molecule has 1 aromatic heterocycles. The maximum absolute atomic E-state index is 11.4. The van der Waals surface area contributed by atoms with Crippen LogP contribution in [0.15, 0.2) is 12.3 Å². The van der Waals surface area contributed by atoms with Crippen LogP contribution >= 0.6 is 0 Å². The maximum atomic E-state index is 11.4. The zero-order valence-corrected chi connectivity index (χ0v) is 10.3. The lowest BCUT2D eigenvalue weighted by atomic mass is 10.2. The number of aromatic nitrogens is 2. The topological polar surface area (TPSA) is 96.3 Å². The second-order valence-corrected chi connectivity index (χ2v) is 3.93. The molecule has 1 rings (SSSR count). The molecule has 18 heavy (non-hydrogen) atoms. The van der Waals surface area contributed by atoms with Crippen LogP contribution in [0.5, 0.6) is 0 Å². The van der Waals surface area contributed by atoms with Crippen molar-refractivity contribution in [3.63, 3.8) is 0 Å². The van der Waals surface area contributed by atoms with Crippen LogP contribution in [0.4, 0.5) is 10.6 Å². The molecule has 0 aliphatic carbocycles. The Morgan fingerprint density at radius 1 is 1.39 bits per heavy atom. The molecule has 0 saturated carbocycles. The molecule has 0 unspecified atom stereocenters. The van der Waals surface area contributed by atoms with Crippen LogP contribution in [-0.2, 0) is 11.8 Å². The third kappa shape index (κ3) is 5.33. The molecule has 1 heterocycles. The monoisotopic (exact) mass is 254 g/mol. The zero-order valence-electron chi connectivity index (χ0n) is 10.3. The van der Waals surface area contributed by atoms with E-state index in [1.54, 1.807) is 24.0 Å². The Labute approximate surface area is 105 Å². The van der Waals surface area contributed by atoms with Gasteiger partial charge in [-0.1, -0.05) is 6.42 Å². The van der Waals surface area contributed by atoms with Gasteiger partial charge in [0.25, 0.3) is 0 Å². The van der Waals surface area contributed by atoms with E-state index < -0.39 is 5.97 Å². The second kappa shape index (κ2) is 7.31. The minimum atomic E-state index is -0.781. The molecule has 0 aliphatic heterocycles. The summed E-state index contributed by atoms with van der Waals surface area (Å²) in [5, 5.41) is 17.7. The molecule has 100 valence electrons. The van der Waals surface area contributed by atoms with Crippen LogP contribution in [0.1, 0.15) is 25.7 Å². The lowest BCUT2D eigenvalue weighted by Crippen LogP contribution is -2.30. The number of carboxylic acid groups (broad SMARTS) is 1. The number of carbonyl (C=O) groups excluding carboxylic acids is 1. The molecule has 0 radical (unpaired) electrons. The van der Waals surface area contributed by atoms with Crippen molar-refractivity contribution in [3.8, 4) is 0 Å². The van der Waals surface area contributed by atoms with E-state index >= 15 is 0 Å². The highest BCUT2D eigenvalue weighted by atomic mass is 16.4. The lowest BCUT2D eigenvalue weighted by molar-refractivity contribution is -0.137. The molecule has 0 bridgehead atoms. The van der Waals surface area contributed by atoms with Crippen molar-refractivity contribution in [2.45, 2.75) is 25.7 Å². The summed E-state index contributed by atoms with van der Waals surface area (Å²) >= 11 is 0. The fourth-order valence-electron chi connectivity index (χ4n) is 1.44. The predicted octanol–water partition coefficient (Wildman–Crippen LogP) is 1.19. The highest BCUT2D eigenvalue weighted by Crippen LogP contribution is 2.02. The number of carbonyl (C=O) groups is 2. The van der Waals surface area contributed by atoms with Gasteiger partial charge in [-0.2, -0.15) is 5.10 Å². The molecule has 0 spiro atoms. The minimum absolute atomic E-state index is 0.182. The molecule has 0 saturated heterocycles. The summed E-state index contributed by atoms with van der Waals surface area (Å²) in [4.78, 5) is 21.7. The molecule has 0 atom stereocenters. The lowest BCUT2D eigenvalue weighted by Gasteiger charge is -2.07. The third-order valence-corrected chi connectivity index (χ3v) is 2.42. The largest absolute Gasteiger partial charge is 0.481 e. The first kappa shape index (κ1) is 14.0. The van der Waals surface area contributed by atoms with Crippen molar-refractivity contribution in [2.75, 3.05) is 11.9 Å². The van der Waals surface area contributed by atoms with E-state index in [1.165, 1.54) is 0 Å². The quantitative estimate of drug-likeness (QED) is 0.637. The van der Waals surface area contributed by atoms with Crippen molar-refractivity contribution in [1.82, 2.24) is 15.1 Å². The fraction of sp³-hybridized carbons (Fsp3) is 0.545. The Hall–Kier alpha value is -2.05. The first-order chi connectivity index (χ1) is 8.59. The maximum Gasteiger partial charge on any atom is 0.320 e. The molecule has 0 aliphatic rings. The van der Waals surface area contributed by atoms with Crippen molar-refractivity contribution in [2.24, 2.45) is 7.05 Å². The average molecular weight is 254 g/mol. The number of hydrogen-bond acceptors (Lipinski definition) is 3. The van der Waals surface area contributed by atoms with Gasteiger partial charge in [0.15, 0.2) is 0 Å². The number of nitrogens with one attached hydrogen (secondary N) is 2. The second-order valence-electron chi connectivity index (χ2n) is 3.93.